The van der Waals surface area contributed by atoms with Crippen LogP contribution >= 0.6 is 11.8 Å². The van der Waals surface area contributed by atoms with Gasteiger partial charge in [0.15, 0.2) is 0 Å². The molecule has 0 atom stereocenters. The lowest BCUT2D eigenvalue weighted by Gasteiger charge is -2.06. The molecular weight excluding hydrogens is 216 g/mol. The average molecular weight is 226 g/mol. The van der Waals surface area contributed by atoms with E-state index in [0.29, 0.717) is 10.6 Å². The van der Waals surface area contributed by atoms with Crippen LogP contribution in [0.5, 0.6) is 5.75 Å². The number of esters is 1. The zero-order valence-corrected chi connectivity index (χ0v) is 8.91. The van der Waals surface area contributed by atoms with E-state index in [4.69, 9.17) is 9.84 Å². The Balaban J connectivity index is 2.76. The fourth-order valence-electron chi connectivity index (χ4n) is 0.948. The van der Waals surface area contributed by atoms with Gasteiger partial charge in [0.1, 0.15) is 5.75 Å². The van der Waals surface area contributed by atoms with Gasteiger partial charge in [-0.15, -0.1) is 11.8 Å². The Morgan fingerprint density at radius 2 is 2.07 bits per heavy atom. The molecule has 80 valence electrons. The highest BCUT2D eigenvalue weighted by Crippen LogP contribution is 2.28. The zero-order valence-electron chi connectivity index (χ0n) is 8.10. The predicted octanol–water partition coefficient (Wildman–Crippen LogP) is 1.79. The van der Waals surface area contributed by atoms with Crippen LogP contribution in [0.25, 0.3) is 0 Å². The van der Waals surface area contributed by atoms with Crippen LogP contribution in [0.2, 0.25) is 0 Å². The van der Waals surface area contributed by atoms with Crippen molar-refractivity contribution in [2.45, 2.75) is 11.8 Å². The standard InChI is InChI=1S/C10H10O4S/c1-7(11)14-8-4-2-3-5-9(8)15-6-10(12)13/h2-5H,6H2,1H3,(H,12,13). The van der Waals surface area contributed by atoms with Gasteiger partial charge in [-0.2, -0.15) is 0 Å². The van der Waals surface area contributed by atoms with E-state index in [1.165, 1.54) is 6.92 Å². The fourth-order valence-corrected chi connectivity index (χ4v) is 1.65. The van der Waals surface area contributed by atoms with Gasteiger partial charge in [-0.25, -0.2) is 0 Å². The molecule has 0 aliphatic rings. The second-order valence-electron chi connectivity index (χ2n) is 2.72. The number of rotatable bonds is 4. The van der Waals surface area contributed by atoms with E-state index in [0.717, 1.165) is 11.8 Å². The minimum absolute atomic E-state index is 0.0573. The largest absolute Gasteiger partial charge is 0.481 e. The molecule has 0 aliphatic heterocycles. The van der Waals surface area contributed by atoms with Crippen LogP contribution in [0.1, 0.15) is 6.92 Å². The second kappa shape index (κ2) is 5.41. The van der Waals surface area contributed by atoms with Crippen molar-refractivity contribution in [1.29, 1.82) is 0 Å². The monoisotopic (exact) mass is 226 g/mol. The Bertz CT molecular complexity index is 375. The Labute approximate surface area is 91.2 Å². The summed E-state index contributed by atoms with van der Waals surface area (Å²) in [6.07, 6.45) is 0. The van der Waals surface area contributed by atoms with Crippen molar-refractivity contribution in [3.63, 3.8) is 0 Å². The molecule has 0 saturated heterocycles. The molecule has 0 unspecified atom stereocenters. The van der Waals surface area contributed by atoms with Crippen LogP contribution in [0, 0.1) is 0 Å². The van der Waals surface area contributed by atoms with Gasteiger partial charge >= 0.3 is 11.9 Å². The highest BCUT2D eigenvalue weighted by atomic mass is 32.2. The molecule has 0 radical (unpaired) electrons. The van der Waals surface area contributed by atoms with Crippen LogP contribution in [-0.2, 0) is 9.59 Å². The summed E-state index contributed by atoms with van der Waals surface area (Å²) < 4.78 is 4.92. The molecule has 15 heavy (non-hydrogen) atoms. The van der Waals surface area contributed by atoms with Gasteiger partial charge in [0.05, 0.1) is 10.6 Å². The van der Waals surface area contributed by atoms with Gasteiger partial charge in [0, 0.05) is 6.92 Å². The van der Waals surface area contributed by atoms with Crippen LogP contribution in [-0.4, -0.2) is 22.8 Å². The van der Waals surface area contributed by atoms with E-state index in [1.54, 1.807) is 24.3 Å². The highest BCUT2D eigenvalue weighted by molar-refractivity contribution is 8.00. The highest BCUT2D eigenvalue weighted by Gasteiger charge is 2.07. The first-order valence-corrected chi connectivity index (χ1v) is 5.20. The van der Waals surface area contributed by atoms with E-state index in [9.17, 15) is 9.59 Å². The lowest BCUT2D eigenvalue weighted by molar-refractivity contribution is -0.134. The number of aliphatic carboxylic acids is 1. The van der Waals surface area contributed by atoms with Crippen LogP contribution in [0.3, 0.4) is 0 Å². The normalized spacial score (nSPS) is 9.67. The number of thioether (sulfide) groups is 1. The lowest BCUT2D eigenvalue weighted by Crippen LogP contribution is -2.03. The summed E-state index contributed by atoms with van der Waals surface area (Å²) in [5.74, 6) is -0.981. The van der Waals surface area contributed by atoms with Crippen molar-refractivity contribution in [2.24, 2.45) is 0 Å². The predicted molar refractivity (Wildman–Crippen MR) is 56.1 cm³/mol. The molecule has 1 N–H and O–H groups in total. The first kappa shape index (κ1) is 11.6. The molecule has 0 heterocycles. The van der Waals surface area contributed by atoms with Gasteiger partial charge in [-0.1, -0.05) is 12.1 Å². The number of ether oxygens (including phenoxy) is 1. The third-order valence-electron chi connectivity index (χ3n) is 1.45. The fraction of sp³-hybridized carbons (Fsp3) is 0.200. The Morgan fingerprint density at radius 3 is 2.67 bits per heavy atom. The quantitative estimate of drug-likeness (QED) is 0.481. The molecule has 1 aromatic rings. The van der Waals surface area contributed by atoms with Gasteiger partial charge in [0.2, 0.25) is 0 Å². The third-order valence-corrected chi connectivity index (χ3v) is 2.49. The van der Waals surface area contributed by atoms with Gasteiger partial charge < -0.3 is 9.84 Å². The van der Waals surface area contributed by atoms with Crippen molar-refractivity contribution in [1.82, 2.24) is 0 Å². The van der Waals surface area contributed by atoms with E-state index in [-0.39, 0.29) is 5.75 Å². The molecule has 0 amide bonds. The van der Waals surface area contributed by atoms with Crippen LogP contribution < -0.4 is 4.74 Å². The summed E-state index contributed by atoms with van der Waals surface area (Å²) in [5, 5.41) is 8.52. The summed E-state index contributed by atoms with van der Waals surface area (Å²) in [6, 6.07) is 6.83. The Morgan fingerprint density at radius 1 is 1.40 bits per heavy atom. The summed E-state index contributed by atoms with van der Waals surface area (Å²) in [4.78, 5) is 21.8. The molecular formula is C10H10O4S. The zero-order chi connectivity index (χ0) is 11.3. The minimum atomic E-state index is -0.905. The number of carbonyl (C=O) groups excluding carboxylic acids is 1. The van der Waals surface area contributed by atoms with Crippen molar-refractivity contribution in [2.75, 3.05) is 5.75 Å². The van der Waals surface area contributed by atoms with E-state index in [2.05, 4.69) is 0 Å². The van der Waals surface area contributed by atoms with E-state index in [1.807, 2.05) is 0 Å². The number of hydrogen-bond donors (Lipinski definition) is 1. The van der Waals surface area contributed by atoms with Crippen molar-refractivity contribution in [3.05, 3.63) is 24.3 Å². The number of carbonyl (C=O) groups is 2. The Kier molecular flexibility index (Phi) is 4.17. The van der Waals surface area contributed by atoms with Gasteiger partial charge in [0.25, 0.3) is 0 Å². The van der Waals surface area contributed by atoms with Gasteiger partial charge in [-0.05, 0) is 12.1 Å². The SMILES string of the molecule is CC(=O)Oc1ccccc1SCC(=O)O. The number of benzene rings is 1. The maximum absolute atomic E-state index is 10.8. The van der Waals surface area contributed by atoms with Crippen molar-refractivity contribution < 1.29 is 19.4 Å². The Hall–Kier alpha value is -1.49. The number of hydrogen-bond acceptors (Lipinski definition) is 4. The maximum Gasteiger partial charge on any atom is 0.313 e. The third kappa shape index (κ3) is 4.03. The maximum atomic E-state index is 10.8. The molecule has 0 bridgehead atoms. The summed E-state index contributed by atoms with van der Waals surface area (Å²) >= 11 is 1.12. The van der Waals surface area contributed by atoms with E-state index < -0.39 is 11.9 Å². The molecule has 4 nitrogen and oxygen atoms in total. The molecule has 0 aliphatic carbocycles. The topological polar surface area (TPSA) is 63.6 Å². The number of carboxylic acids is 1. The summed E-state index contributed by atoms with van der Waals surface area (Å²) in [5.41, 5.74) is 0. The minimum Gasteiger partial charge on any atom is -0.481 e. The summed E-state index contributed by atoms with van der Waals surface area (Å²) in [7, 11) is 0. The summed E-state index contributed by atoms with van der Waals surface area (Å²) in [6.45, 7) is 1.30. The van der Waals surface area contributed by atoms with Crippen LogP contribution in [0.15, 0.2) is 29.2 Å². The molecule has 0 fully saturated rings. The van der Waals surface area contributed by atoms with Crippen molar-refractivity contribution >= 4 is 23.7 Å². The molecule has 1 rings (SSSR count). The first-order chi connectivity index (χ1) is 7.09. The van der Waals surface area contributed by atoms with Crippen LogP contribution in [0.4, 0.5) is 0 Å². The molecule has 0 aromatic heterocycles. The van der Waals surface area contributed by atoms with Gasteiger partial charge in [-0.3, -0.25) is 9.59 Å². The number of carboxylic acid groups (broad SMARTS) is 1. The van der Waals surface area contributed by atoms with Crippen molar-refractivity contribution in [3.8, 4) is 5.75 Å². The first-order valence-electron chi connectivity index (χ1n) is 4.21. The lowest BCUT2D eigenvalue weighted by atomic mass is 10.3. The molecule has 0 saturated carbocycles. The molecule has 5 heteroatoms. The second-order valence-corrected chi connectivity index (χ2v) is 3.74. The number of para-hydroxylation sites is 1. The van der Waals surface area contributed by atoms with E-state index >= 15 is 0 Å². The molecule has 1 aromatic carbocycles. The smallest absolute Gasteiger partial charge is 0.313 e. The average Bonchev–Trinajstić information content (AvgIpc) is 2.15. The molecule has 0 spiro atoms.